The molecule has 2 unspecified atom stereocenters. The Morgan fingerprint density at radius 1 is 1.00 bits per heavy atom. The number of rotatable bonds is 5. The molecule has 0 aliphatic rings. The van der Waals surface area contributed by atoms with Crippen molar-refractivity contribution in [2.75, 3.05) is 14.2 Å². The van der Waals surface area contributed by atoms with Crippen LogP contribution in [0.4, 0.5) is 0 Å². The van der Waals surface area contributed by atoms with E-state index in [0.29, 0.717) is 0 Å². The van der Waals surface area contributed by atoms with Crippen LogP contribution in [0.1, 0.15) is 19.4 Å². The summed E-state index contributed by atoms with van der Waals surface area (Å²) in [4.78, 5) is -0.662. The molecular formula is C13H19ClO2. The van der Waals surface area contributed by atoms with Crippen LogP contribution in [-0.2, 0) is 14.3 Å². The SMILES string of the molecule is COC(C)C(Cl)(c1ccccc1)C(C)OC. The van der Waals surface area contributed by atoms with Crippen molar-refractivity contribution in [2.45, 2.75) is 30.9 Å². The maximum Gasteiger partial charge on any atom is 0.121 e. The summed E-state index contributed by atoms with van der Waals surface area (Å²) in [5.41, 5.74) is 1.01. The van der Waals surface area contributed by atoms with Crippen LogP contribution in [0, 0.1) is 0 Å². The number of methoxy groups -OCH3 is 2. The lowest BCUT2D eigenvalue weighted by Crippen LogP contribution is -2.43. The van der Waals surface area contributed by atoms with Gasteiger partial charge in [-0.1, -0.05) is 30.3 Å². The second-order valence-electron chi connectivity index (χ2n) is 3.89. The monoisotopic (exact) mass is 242 g/mol. The highest BCUT2D eigenvalue weighted by atomic mass is 35.5. The van der Waals surface area contributed by atoms with E-state index in [0.717, 1.165) is 5.56 Å². The van der Waals surface area contributed by atoms with E-state index in [2.05, 4.69) is 0 Å². The molecular weight excluding hydrogens is 224 g/mol. The summed E-state index contributed by atoms with van der Waals surface area (Å²) in [5, 5.41) is 0. The van der Waals surface area contributed by atoms with Gasteiger partial charge < -0.3 is 9.47 Å². The van der Waals surface area contributed by atoms with E-state index in [1.165, 1.54) is 0 Å². The normalized spacial score (nSPS) is 18.8. The summed E-state index contributed by atoms with van der Waals surface area (Å²) in [6, 6.07) is 9.90. The van der Waals surface area contributed by atoms with Crippen LogP contribution in [0.25, 0.3) is 0 Å². The van der Waals surface area contributed by atoms with E-state index in [-0.39, 0.29) is 12.2 Å². The first-order valence-corrected chi connectivity index (χ1v) is 5.75. The Morgan fingerprint density at radius 2 is 1.44 bits per heavy atom. The zero-order chi connectivity index (χ0) is 12.2. The van der Waals surface area contributed by atoms with Crippen LogP contribution in [-0.4, -0.2) is 26.4 Å². The quantitative estimate of drug-likeness (QED) is 0.739. The molecule has 0 aromatic heterocycles. The predicted molar refractivity (Wildman–Crippen MR) is 66.9 cm³/mol. The fraction of sp³-hybridized carbons (Fsp3) is 0.538. The Kier molecular flexibility index (Phi) is 4.78. The van der Waals surface area contributed by atoms with Gasteiger partial charge in [0.1, 0.15) is 4.87 Å². The van der Waals surface area contributed by atoms with E-state index in [4.69, 9.17) is 21.1 Å². The Balaban J connectivity index is 3.14. The first kappa shape index (κ1) is 13.5. The summed E-state index contributed by atoms with van der Waals surface area (Å²) in [6.07, 6.45) is -0.266. The number of alkyl halides is 1. The van der Waals surface area contributed by atoms with Gasteiger partial charge in [-0.2, -0.15) is 0 Å². The van der Waals surface area contributed by atoms with E-state index in [1.807, 2.05) is 44.2 Å². The highest BCUT2D eigenvalue weighted by Crippen LogP contribution is 2.38. The molecule has 1 aromatic carbocycles. The van der Waals surface area contributed by atoms with Gasteiger partial charge in [-0.15, -0.1) is 11.6 Å². The summed E-state index contributed by atoms with van der Waals surface area (Å²) in [5.74, 6) is 0. The van der Waals surface area contributed by atoms with Gasteiger partial charge in [0.05, 0.1) is 12.2 Å². The fourth-order valence-electron chi connectivity index (χ4n) is 1.84. The van der Waals surface area contributed by atoms with Crippen molar-refractivity contribution in [3.8, 4) is 0 Å². The van der Waals surface area contributed by atoms with Crippen molar-refractivity contribution < 1.29 is 9.47 Å². The second kappa shape index (κ2) is 5.67. The van der Waals surface area contributed by atoms with Crippen LogP contribution < -0.4 is 0 Å². The maximum absolute atomic E-state index is 6.72. The van der Waals surface area contributed by atoms with E-state index in [1.54, 1.807) is 14.2 Å². The Bertz CT molecular complexity index is 303. The molecule has 16 heavy (non-hydrogen) atoms. The van der Waals surface area contributed by atoms with Crippen LogP contribution >= 0.6 is 11.6 Å². The highest BCUT2D eigenvalue weighted by Gasteiger charge is 2.42. The highest BCUT2D eigenvalue weighted by molar-refractivity contribution is 6.25. The Labute approximate surface area is 103 Å². The van der Waals surface area contributed by atoms with Crippen molar-refractivity contribution >= 4 is 11.6 Å². The zero-order valence-electron chi connectivity index (χ0n) is 10.2. The van der Waals surface area contributed by atoms with E-state index in [9.17, 15) is 0 Å². The topological polar surface area (TPSA) is 18.5 Å². The third kappa shape index (κ3) is 2.40. The van der Waals surface area contributed by atoms with Gasteiger partial charge in [0.25, 0.3) is 0 Å². The van der Waals surface area contributed by atoms with Crippen molar-refractivity contribution in [1.29, 1.82) is 0 Å². The molecule has 0 bridgehead atoms. The van der Waals surface area contributed by atoms with Crippen molar-refractivity contribution in [1.82, 2.24) is 0 Å². The molecule has 0 radical (unpaired) electrons. The lowest BCUT2D eigenvalue weighted by Gasteiger charge is -2.37. The second-order valence-corrected chi connectivity index (χ2v) is 4.52. The van der Waals surface area contributed by atoms with E-state index < -0.39 is 4.87 Å². The van der Waals surface area contributed by atoms with Gasteiger partial charge in [0, 0.05) is 14.2 Å². The molecule has 0 fully saturated rings. The van der Waals surface area contributed by atoms with Crippen molar-refractivity contribution in [3.05, 3.63) is 35.9 Å². The number of benzene rings is 1. The molecule has 0 spiro atoms. The Hall–Kier alpha value is -0.570. The molecule has 2 nitrogen and oxygen atoms in total. The smallest absolute Gasteiger partial charge is 0.121 e. The lowest BCUT2D eigenvalue weighted by atomic mass is 9.88. The minimum Gasteiger partial charge on any atom is -0.379 e. The zero-order valence-corrected chi connectivity index (χ0v) is 11.0. The summed E-state index contributed by atoms with van der Waals surface area (Å²) in [7, 11) is 3.32. The van der Waals surface area contributed by atoms with Gasteiger partial charge in [0.15, 0.2) is 0 Å². The summed E-state index contributed by atoms with van der Waals surface area (Å²) in [6.45, 7) is 3.91. The van der Waals surface area contributed by atoms with Gasteiger partial charge in [-0.3, -0.25) is 0 Å². The number of halogens is 1. The standard InChI is InChI=1S/C13H19ClO2/c1-10(15-3)13(14,11(2)16-4)12-8-6-5-7-9-12/h5-11H,1-4H3. The molecule has 90 valence electrons. The summed E-state index contributed by atoms with van der Waals surface area (Å²) < 4.78 is 10.8. The largest absolute Gasteiger partial charge is 0.379 e. The maximum atomic E-state index is 6.72. The summed E-state index contributed by atoms with van der Waals surface area (Å²) >= 11 is 6.72. The van der Waals surface area contributed by atoms with Gasteiger partial charge in [0.2, 0.25) is 0 Å². The minimum atomic E-state index is -0.662. The fourth-order valence-corrected chi connectivity index (χ4v) is 2.14. The number of hydrogen-bond acceptors (Lipinski definition) is 2. The first-order valence-electron chi connectivity index (χ1n) is 5.37. The molecule has 1 aromatic rings. The molecule has 1 rings (SSSR count). The third-order valence-electron chi connectivity index (χ3n) is 3.11. The number of ether oxygens (including phenoxy) is 2. The van der Waals surface area contributed by atoms with Crippen LogP contribution in [0.2, 0.25) is 0 Å². The third-order valence-corrected chi connectivity index (χ3v) is 3.94. The predicted octanol–water partition coefficient (Wildman–Crippen LogP) is 3.19. The van der Waals surface area contributed by atoms with Gasteiger partial charge >= 0.3 is 0 Å². The molecule has 0 aliphatic carbocycles. The average Bonchev–Trinajstić information content (AvgIpc) is 2.36. The van der Waals surface area contributed by atoms with Crippen LogP contribution in [0.3, 0.4) is 0 Å². The molecule has 0 N–H and O–H groups in total. The van der Waals surface area contributed by atoms with Gasteiger partial charge in [-0.25, -0.2) is 0 Å². The van der Waals surface area contributed by atoms with Crippen LogP contribution in [0.15, 0.2) is 30.3 Å². The van der Waals surface area contributed by atoms with Gasteiger partial charge in [-0.05, 0) is 19.4 Å². The minimum absolute atomic E-state index is 0.133. The molecule has 0 heterocycles. The molecule has 0 saturated carbocycles. The molecule has 2 atom stereocenters. The van der Waals surface area contributed by atoms with Crippen LogP contribution in [0.5, 0.6) is 0 Å². The number of hydrogen-bond donors (Lipinski definition) is 0. The van der Waals surface area contributed by atoms with E-state index >= 15 is 0 Å². The first-order chi connectivity index (χ1) is 7.57. The molecule has 0 saturated heterocycles. The average molecular weight is 243 g/mol. The lowest BCUT2D eigenvalue weighted by molar-refractivity contribution is -0.00286. The Morgan fingerprint density at radius 3 is 1.81 bits per heavy atom. The van der Waals surface area contributed by atoms with Crippen molar-refractivity contribution in [2.24, 2.45) is 0 Å². The molecule has 0 aliphatic heterocycles. The van der Waals surface area contributed by atoms with Crippen molar-refractivity contribution in [3.63, 3.8) is 0 Å². The molecule has 3 heteroatoms. The molecule has 0 amide bonds.